The van der Waals surface area contributed by atoms with Crippen LogP contribution >= 0.6 is 0 Å². The van der Waals surface area contributed by atoms with Gasteiger partial charge in [0.1, 0.15) is 6.54 Å². The summed E-state index contributed by atoms with van der Waals surface area (Å²) in [7, 11) is 0. The molecule has 1 aromatic rings. The number of likely N-dealkylation sites (tertiary alicyclic amines) is 1. The normalized spacial score (nSPS) is 19.2. The lowest BCUT2D eigenvalue weighted by Crippen LogP contribution is -2.40. The van der Waals surface area contributed by atoms with Gasteiger partial charge in [-0.2, -0.15) is 13.2 Å². The molecule has 9 heteroatoms. The molecule has 1 aliphatic heterocycles. The zero-order chi connectivity index (χ0) is 17.9. The van der Waals surface area contributed by atoms with Gasteiger partial charge in [0.15, 0.2) is 6.04 Å². The van der Waals surface area contributed by atoms with E-state index in [0.29, 0.717) is 10.5 Å². The van der Waals surface area contributed by atoms with Gasteiger partial charge in [-0.25, -0.2) is 4.79 Å². The highest BCUT2D eigenvalue weighted by Gasteiger charge is 2.41. The number of halogens is 3. The van der Waals surface area contributed by atoms with Gasteiger partial charge in [0.25, 0.3) is 0 Å². The Morgan fingerprint density at radius 3 is 2.46 bits per heavy atom. The molecule has 0 bridgehead atoms. The first-order valence-corrected chi connectivity index (χ1v) is 7.10. The predicted molar refractivity (Wildman–Crippen MR) is 75.7 cm³/mol. The molecule has 130 valence electrons. The number of amides is 2. The third-order valence-electron chi connectivity index (χ3n) is 3.62. The standard InChI is InChI=1S/C15H15F3N2O4/c16-15(17,18)8-20-7-10(6-11(20)21)13(22)19-12(14(23)24)9-4-2-1-3-5-9/h1-5,10,12H,6-8H2,(H,19,22)(H,23,24)/t10?,12-/m1/s1. The van der Waals surface area contributed by atoms with Crippen LogP contribution in [-0.2, 0) is 14.4 Å². The summed E-state index contributed by atoms with van der Waals surface area (Å²) >= 11 is 0. The highest BCUT2D eigenvalue weighted by Crippen LogP contribution is 2.24. The highest BCUT2D eigenvalue weighted by atomic mass is 19.4. The maximum Gasteiger partial charge on any atom is 0.406 e. The quantitative estimate of drug-likeness (QED) is 0.844. The first kappa shape index (κ1) is 17.8. The summed E-state index contributed by atoms with van der Waals surface area (Å²) in [5, 5.41) is 11.5. The van der Waals surface area contributed by atoms with Gasteiger partial charge in [-0.1, -0.05) is 30.3 Å². The average molecular weight is 344 g/mol. The van der Waals surface area contributed by atoms with E-state index < -0.39 is 42.5 Å². The average Bonchev–Trinajstić information content (AvgIpc) is 2.84. The van der Waals surface area contributed by atoms with E-state index in [-0.39, 0.29) is 13.0 Å². The second kappa shape index (κ2) is 6.90. The fourth-order valence-electron chi connectivity index (χ4n) is 2.51. The van der Waals surface area contributed by atoms with Gasteiger partial charge in [0.05, 0.1) is 5.92 Å². The second-order valence-electron chi connectivity index (χ2n) is 5.48. The Morgan fingerprint density at radius 2 is 1.92 bits per heavy atom. The first-order chi connectivity index (χ1) is 11.2. The number of benzene rings is 1. The van der Waals surface area contributed by atoms with Crippen LogP contribution in [0.2, 0.25) is 0 Å². The minimum absolute atomic E-state index is 0.329. The molecule has 0 spiro atoms. The molecule has 2 atom stereocenters. The monoisotopic (exact) mass is 344 g/mol. The zero-order valence-electron chi connectivity index (χ0n) is 12.4. The summed E-state index contributed by atoms with van der Waals surface area (Å²) in [5.41, 5.74) is 0.329. The molecule has 0 aliphatic carbocycles. The Bertz CT molecular complexity index is 633. The number of hydrogen-bond acceptors (Lipinski definition) is 3. The van der Waals surface area contributed by atoms with Crippen LogP contribution in [0.5, 0.6) is 0 Å². The van der Waals surface area contributed by atoms with E-state index in [0.717, 1.165) is 0 Å². The van der Waals surface area contributed by atoms with Crippen molar-refractivity contribution in [1.29, 1.82) is 0 Å². The summed E-state index contributed by atoms with van der Waals surface area (Å²) in [6.45, 7) is -1.80. The van der Waals surface area contributed by atoms with Crippen LogP contribution in [0.25, 0.3) is 0 Å². The molecule has 2 rings (SSSR count). The van der Waals surface area contributed by atoms with Crippen LogP contribution in [0.4, 0.5) is 13.2 Å². The number of carbonyl (C=O) groups is 3. The molecule has 1 unspecified atom stereocenters. The van der Waals surface area contributed by atoms with E-state index >= 15 is 0 Å². The molecule has 1 heterocycles. The lowest BCUT2D eigenvalue weighted by atomic mass is 10.0. The van der Waals surface area contributed by atoms with Gasteiger partial charge >= 0.3 is 12.1 Å². The molecule has 1 aliphatic rings. The number of nitrogens with zero attached hydrogens (tertiary/aromatic N) is 1. The molecule has 6 nitrogen and oxygen atoms in total. The van der Waals surface area contributed by atoms with E-state index in [1.165, 1.54) is 12.1 Å². The van der Waals surface area contributed by atoms with Crippen LogP contribution in [0, 0.1) is 5.92 Å². The first-order valence-electron chi connectivity index (χ1n) is 7.10. The maximum atomic E-state index is 12.4. The Kier molecular flexibility index (Phi) is 5.10. The van der Waals surface area contributed by atoms with E-state index in [9.17, 15) is 32.7 Å². The van der Waals surface area contributed by atoms with Gasteiger partial charge in [0, 0.05) is 13.0 Å². The van der Waals surface area contributed by atoms with Gasteiger partial charge in [0.2, 0.25) is 11.8 Å². The molecule has 0 aromatic heterocycles. The number of nitrogens with one attached hydrogen (secondary N) is 1. The molecule has 24 heavy (non-hydrogen) atoms. The third-order valence-corrected chi connectivity index (χ3v) is 3.62. The Balaban J connectivity index is 2.04. The van der Waals surface area contributed by atoms with Crippen LogP contribution in [-0.4, -0.2) is 47.1 Å². The van der Waals surface area contributed by atoms with Gasteiger partial charge in [-0.3, -0.25) is 9.59 Å². The van der Waals surface area contributed by atoms with Gasteiger partial charge in [-0.15, -0.1) is 0 Å². The Hall–Kier alpha value is -2.58. The summed E-state index contributed by atoms with van der Waals surface area (Å²) in [5.74, 6) is -3.85. The number of alkyl halides is 3. The lowest BCUT2D eigenvalue weighted by Gasteiger charge is -2.19. The SMILES string of the molecule is O=C(N[C@@H](C(=O)O)c1ccccc1)C1CC(=O)N(CC(F)(F)F)C1. The molecule has 1 fully saturated rings. The van der Waals surface area contributed by atoms with Crippen molar-refractivity contribution >= 4 is 17.8 Å². The number of rotatable bonds is 5. The Morgan fingerprint density at radius 1 is 1.29 bits per heavy atom. The number of carboxylic acid groups (broad SMARTS) is 1. The summed E-state index contributed by atoms with van der Waals surface area (Å²) in [4.78, 5) is 35.6. The molecular weight excluding hydrogens is 329 g/mol. The number of carbonyl (C=O) groups excluding carboxylic acids is 2. The van der Waals surface area contributed by atoms with Crippen LogP contribution < -0.4 is 5.32 Å². The van der Waals surface area contributed by atoms with Crippen molar-refractivity contribution in [2.24, 2.45) is 5.92 Å². The van der Waals surface area contributed by atoms with Crippen LogP contribution in [0.1, 0.15) is 18.0 Å². The molecule has 0 radical (unpaired) electrons. The minimum Gasteiger partial charge on any atom is -0.479 e. The summed E-state index contributed by atoms with van der Waals surface area (Å²) in [6.07, 6.45) is -4.92. The van der Waals surface area contributed by atoms with Crippen molar-refractivity contribution in [2.75, 3.05) is 13.1 Å². The number of aliphatic carboxylic acids is 1. The number of hydrogen-bond donors (Lipinski definition) is 2. The van der Waals surface area contributed by atoms with Crippen molar-refractivity contribution in [3.05, 3.63) is 35.9 Å². The maximum absolute atomic E-state index is 12.4. The fraction of sp³-hybridized carbons (Fsp3) is 0.400. The van der Waals surface area contributed by atoms with Crippen molar-refractivity contribution in [1.82, 2.24) is 10.2 Å². The van der Waals surface area contributed by atoms with E-state index in [1.807, 2.05) is 0 Å². The van der Waals surface area contributed by atoms with Crippen molar-refractivity contribution < 1.29 is 32.7 Å². The van der Waals surface area contributed by atoms with Crippen molar-refractivity contribution in [3.63, 3.8) is 0 Å². The largest absolute Gasteiger partial charge is 0.479 e. The van der Waals surface area contributed by atoms with Crippen molar-refractivity contribution in [2.45, 2.75) is 18.6 Å². The van der Waals surface area contributed by atoms with E-state index in [2.05, 4.69) is 5.32 Å². The smallest absolute Gasteiger partial charge is 0.406 e. The van der Waals surface area contributed by atoms with Crippen molar-refractivity contribution in [3.8, 4) is 0 Å². The number of carboxylic acids is 1. The molecule has 2 amide bonds. The third kappa shape index (κ3) is 4.46. The van der Waals surface area contributed by atoms with E-state index in [4.69, 9.17) is 0 Å². The van der Waals surface area contributed by atoms with E-state index in [1.54, 1.807) is 18.2 Å². The molecule has 0 saturated carbocycles. The highest BCUT2D eigenvalue weighted by molar-refractivity contribution is 5.91. The van der Waals surface area contributed by atoms with Crippen LogP contribution in [0.3, 0.4) is 0 Å². The second-order valence-corrected chi connectivity index (χ2v) is 5.48. The molecule has 1 saturated heterocycles. The lowest BCUT2D eigenvalue weighted by molar-refractivity contribution is -0.157. The molecule has 2 N–H and O–H groups in total. The zero-order valence-corrected chi connectivity index (χ0v) is 12.4. The van der Waals surface area contributed by atoms with Crippen LogP contribution in [0.15, 0.2) is 30.3 Å². The molecular formula is C15H15F3N2O4. The topological polar surface area (TPSA) is 86.7 Å². The molecule has 1 aromatic carbocycles. The predicted octanol–water partition coefficient (Wildman–Crippen LogP) is 1.34. The summed E-state index contributed by atoms with van der Waals surface area (Å²) < 4.78 is 37.1. The minimum atomic E-state index is -4.55. The Labute approximate surface area is 135 Å². The summed E-state index contributed by atoms with van der Waals surface area (Å²) in [6, 6.07) is 6.56. The van der Waals surface area contributed by atoms with Gasteiger partial charge < -0.3 is 15.3 Å². The van der Waals surface area contributed by atoms with Gasteiger partial charge in [-0.05, 0) is 5.56 Å². The fourth-order valence-corrected chi connectivity index (χ4v) is 2.51.